The zero-order valence-electron chi connectivity index (χ0n) is 10.5. The number of carboxylic acid groups (broad SMARTS) is 1. The Hall–Kier alpha value is -1.89. The van der Waals surface area contributed by atoms with Crippen molar-refractivity contribution in [2.75, 3.05) is 26.4 Å². The monoisotopic (exact) mass is 270 g/mol. The molecule has 0 atom stereocenters. The number of benzene rings is 1. The van der Waals surface area contributed by atoms with Crippen molar-refractivity contribution in [3.8, 4) is 5.75 Å². The highest BCUT2D eigenvalue weighted by atomic mass is 16.5. The number of ether oxygens (including phenoxy) is 2. The van der Waals surface area contributed by atoms with Crippen LogP contribution in [0, 0.1) is 0 Å². The third-order valence-corrected chi connectivity index (χ3v) is 1.69. The van der Waals surface area contributed by atoms with Gasteiger partial charge in [0.1, 0.15) is 5.75 Å². The summed E-state index contributed by atoms with van der Waals surface area (Å²) < 4.78 is 9.51. The molecule has 3 N–H and O–H groups in total. The Labute approximate surface area is 111 Å². The predicted octanol–water partition coefficient (Wildman–Crippen LogP) is 0.651. The van der Waals surface area contributed by atoms with E-state index in [0.717, 1.165) is 0 Å². The number of hydrogen-bond acceptors (Lipinski definition) is 5. The van der Waals surface area contributed by atoms with Gasteiger partial charge in [-0.2, -0.15) is 0 Å². The van der Waals surface area contributed by atoms with Crippen molar-refractivity contribution in [3.05, 3.63) is 42.7 Å². The maximum Gasteiger partial charge on any atom is 0.371 e. The molecule has 0 spiro atoms. The highest BCUT2D eigenvalue weighted by Crippen LogP contribution is 2.11. The fourth-order valence-electron chi connectivity index (χ4n) is 0.906. The average Bonchev–Trinajstić information content (AvgIpc) is 2.41. The van der Waals surface area contributed by atoms with Crippen LogP contribution in [0.25, 0.3) is 0 Å². The van der Waals surface area contributed by atoms with Gasteiger partial charge in [-0.3, -0.25) is 0 Å². The molecular formula is C13H18O6. The first kappa shape index (κ1) is 17.1. The van der Waals surface area contributed by atoms with E-state index in [1.807, 2.05) is 6.07 Å². The molecule has 0 fully saturated rings. The van der Waals surface area contributed by atoms with E-state index >= 15 is 0 Å². The van der Waals surface area contributed by atoms with Crippen LogP contribution in [0.2, 0.25) is 0 Å². The number of rotatable bonds is 7. The average molecular weight is 270 g/mol. The molecule has 106 valence electrons. The second kappa shape index (κ2) is 11.2. The summed E-state index contributed by atoms with van der Waals surface area (Å²) in [5.74, 6) is -0.954. The quantitative estimate of drug-likeness (QED) is 0.382. The van der Waals surface area contributed by atoms with Crippen molar-refractivity contribution in [2.45, 2.75) is 0 Å². The molecule has 0 saturated heterocycles. The van der Waals surface area contributed by atoms with Crippen LogP contribution in [0.3, 0.4) is 0 Å². The second-order valence-corrected chi connectivity index (χ2v) is 3.20. The van der Waals surface area contributed by atoms with Crippen LogP contribution >= 0.6 is 0 Å². The molecule has 6 heteroatoms. The molecule has 0 aromatic heterocycles. The van der Waals surface area contributed by atoms with Gasteiger partial charge in [-0.25, -0.2) is 4.79 Å². The van der Waals surface area contributed by atoms with Gasteiger partial charge in [0.15, 0.2) is 0 Å². The third-order valence-electron chi connectivity index (χ3n) is 1.69. The van der Waals surface area contributed by atoms with E-state index in [-0.39, 0.29) is 19.0 Å². The smallest absolute Gasteiger partial charge is 0.371 e. The maximum atomic E-state index is 10.3. The van der Waals surface area contributed by atoms with E-state index in [0.29, 0.717) is 19.0 Å². The van der Waals surface area contributed by atoms with Crippen LogP contribution in [0.1, 0.15) is 0 Å². The number of aliphatic carboxylic acids is 1. The minimum Gasteiger partial charge on any atom is -0.475 e. The molecule has 1 aromatic rings. The minimum absolute atomic E-state index is 0.0278. The molecule has 19 heavy (non-hydrogen) atoms. The lowest BCUT2D eigenvalue weighted by molar-refractivity contribution is -0.135. The normalized spacial score (nSPS) is 9.16. The van der Waals surface area contributed by atoms with Crippen LogP contribution in [-0.2, 0) is 9.53 Å². The van der Waals surface area contributed by atoms with Gasteiger partial charge in [-0.15, -0.1) is 0 Å². The van der Waals surface area contributed by atoms with Crippen LogP contribution < -0.4 is 4.74 Å². The lowest BCUT2D eigenvalue weighted by atomic mass is 10.3. The van der Waals surface area contributed by atoms with Crippen molar-refractivity contribution in [1.29, 1.82) is 0 Å². The summed E-state index contributed by atoms with van der Waals surface area (Å²) in [6.45, 7) is 3.92. The van der Waals surface area contributed by atoms with Crippen LogP contribution in [0.4, 0.5) is 0 Å². The zero-order valence-corrected chi connectivity index (χ0v) is 10.5. The fraction of sp³-hybridized carbons (Fsp3) is 0.308. The minimum atomic E-state index is -1.15. The molecule has 0 unspecified atom stereocenters. The SMILES string of the molecule is C=C(Oc1ccccc1)C(=O)O.OCCOCCO. The Kier molecular flexibility index (Phi) is 10.1. The summed E-state index contributed by atoms with van der Waals surface area (Å²) >= 11 is 0. The number of carbonyl (C=O) groups is 1. The third kappa shape index (κ3) is 9.78. The van der Waals surface area contributed by atoms with Crippen molar-refractivity contribution in [2.24, 2.45) is 0 Å². The fourth-order valence-corrected chi connectivity index (χ4v) is 0.906. The van der Waals surface area contributed by atoms with Gasteiger partial charge in [-0.1, -0.05) is 18.2 Å². The number of carboxylic acids is 1. The van der Waals surface area contributed by atoms with Crippen molar-refractivity contribution in [1.82, 2.24) is 0 Å². The summed E-state index contributed by atoms with van der Waals surface area (Å²) in [4.78, 5) is 10.3. The zero-order chi connectivity index (χ0) is 14.5. The Balaban J connectivity index is 0.000000399. The summed E-state index contributed by atoms with van der Waals surface area (Å²) in [6.07, 6.45) is 0. The molecule has 0 aliphatic rings. The largest absolute Gasteiger partial charge is 0.475 e. The first-order valence-electron chi connectivity index (χ1n) is 5.56. The lowest BCUT2D eigenvalue weighted by Crippen LogP contribution is -2.05. The Morgan fingerprint density at radius 2 is 1.63 bits per heavy atom. The van der Waals surface area contributed by atoms with E-state index in [2.05, 4.69) is 11.3 Å². The molecule has 0 heterocycles. The van der Waals surface area contributed by atoms with Crippen molar-refractivity contribution >= 4 is 5.97 Å². The van der Waals surface area contributed by atoms with Crippen molar-refractivity contribution < 1.29 is 29.6 Å². The number of para-hydroxylation sites is 1. The standard InChI is InChI=1S/C9H8O3.C4H10O3/c1-7(9(10)11)12-8-5-3-2-4-6-8;5-1-3-7-4-2-6/h2-6H,1H2,(H,10,11);5-6H,1-4H2. The van der Waals surface area contributed by atoms with Gasteiger partial charge < -0.3 is 24.8 Å². The Morgan fingerprint density at radius 1 is 1.11 bits per heavy atom. The Morgan fingerprint density at radius 3 is 2.05 bits per heavy atom. The van der Waals surface area contributed by atoms with Gasteiger partial charge in [0.05, 0.1) is 26.4 Å². The predicted molar refractivity (Wildman–Crippen MR) is 68.8 cm³/mol. The molecule has 0 amide bonds. The van der Waals surface area contributed by atoms with E-state index in [1.165, 1.54) is 0 Å². The van der Waals surface area contributed by atoms with Crippen LogP contribution in [0.15, 0.2) is 42.7 Å². The number of hydrogen-bond donors (Lipinski definition) is 3. The first-order valence-corrected chi connectivity index (χ1v) is 5.56. The maximum absolute atomic E-state index is 10.3. The first-order chi connectivity index (χ1) is 9.11. The van der Waals surface area contributed by atoms with Gasteiger partial charge in [-0.05, 0) is 18.7 Å². The molecule has 0 aliphatic heterocycles. The Bertz CT molecular complexity index is 359. The van der Waals surface area contributed by atoms with E-state index in [1.54, 1.807) is 24.3 Å². The van der Waals surface area contributed by atoms with Gasteiger partial charge >= 0.3 is 5.97 Å². The molecule has 0 radical (unpaired) electrons. The van der Waals surface area contributed by atoms with Gasteiger partial charge in [0, 0.05) is 0 Å². The highest BCUT2D eigenvalue weighted by Gasteiger charge is 2.04. The molecule has 0 bridgehead atoms. The van der Waals surface area contributed by atoms with Crippen LogP contribution in [0.5, 0.6) is 5.75 Å². The molecule has 6 nitrogen and oxygen atoms in total. The molecule has 0 saturated carbocycles. The number of aliphatic hydroxyl groups excluding tert-OH is 2. The van der Waals surface area contributed by atoms with E-state index < -0.39 is 5.97 Å². The molecule has 1 aromatic carbocycles. The topological polar surface area (TPSA) is 96.2 Å². The highest BCUT2D eigenvalue weighted by molar-refractivity contribution is 5.83. The van der Waals surface area contributed by atoms with Crippen molar-refractivity contribution in [3.63, 3.8) is 0 Å². The molecule has 1 rings (SSSR count). The molecule has 0 aliphatic carbocycles. The lowest BCUT2D eigenvalue weighted by Gasteiger charge is -2.02. The molecular weight excluding hydrogens is 252 g/mol. The van der Waals surface area contributed by atoms with Gasteiger partial charge in [0.2, 0.25) is 5.76 Å². The second-order valence-electron chi connectivity index (χ2n) is 3.20. The summed E-state index contributed by atoms with van der Waals surface area (Å²) in [5, 5.41) is 24.6. The van der Waals surface area contributed by atoms with E-state index in [9.17, 15) is 4.79 Å². The summed E-state index contributed by atoms with van der Waals surface area (Å²) in [5.41, 5.74) is 0. The summed E-state index contributed by atoms with van der Waals surface area (Å²) in [7, 11) is 0. The van der Waals surface area contributed by atoms with E-state index in [4.69, 9.17) is 20.1 Å². The number of aliphatic hydroxyl groups is 2. The van der Waals surface area contributed by atoms with Crippen LogP contribution in [-0.4, -0.2) is 47.7 Å². The summed E-state index contributed by atoms with van der Waals surface area (Å²) in [6, 6.07) is 8.65. The van der Waals surface area contributed by atoms with Gasteiger partial charge in [0.25, 0.3) is 0 Å².